The van der Waals surface area contributed by atoms with Crippen LogP contribution in [-0.4, -0.2) is 55.8 Å². The summed E-state index contributed by atoms with van der Waals surface area (Å²) in [4.78, 5) is 6.50. The smallest absolute Gasteiger partial charge is 0.357 e. The van der Waals surface area contributed by atoms with E-state index in [0.29, 0.717) is 12.5 Å². The number of nitrogens with zero attached hydrogens (tertiary/aromatic N) is 2. The topological polar surface area (TPSA) is 39.7 Å². The number of guanidine groups is 1. The van der Waals surface area contributed by atoms with Crippen LogP contribution in [0.1, 0.15) is 39.0 Å². The third-order valence-corrected chi connectivity index (χ3v) is 3.95. The van der Waals surface area contributed by atoms with E-state index in [-0.39, 0.29) is 30.5 Å². The Labute approximate surface area is 153 Å². The van der Waals surface area contributed by atoms with E-state index in [2.05, 4.69) is 20.5 Å². The molecule has 0 saturated heterocycles. The lowest BCUT2D eigenvalue weighted by atomic mass is 10.3. The third kappa shape index (κ3) is 9.59. The quantitative estimate of drug-likeness (QED) is 0.324. The normalized spacial score (nSPS) is 18.7. The number of alkyl halides is 3. The van der Waals surface area contributed by atoms with Crippen molar-refractivity contribution in [2.24, 2.45) is 10.9 Å². The molecule has 0 radical (unpaired) electrons. The second kappa shape index (κ2) is 9.90. The molecule has 0 aromatic heterocycles. The third-order valence-electron chi connectivity index (χ3n) is 3.95. The molecule has 0 aliphatic heterocycles. The van der Waals surface area contributed by atoms with E-state index in [9.17, 15) is 13.2 Å². The highest BCUT2D eigenvalue weighted by Crippen LogP contribution is 2.34. The van der Waals surface area contributed by atoms with Crippen LogP contribution in [0.25, 0.3) is 0 Å². The van der Waals surface area contributed by atoms with Gasteiger partial charge in [-0.2, -0.15) is 13.2 Å². The Morgan fingerprint density at radius 2 is 1.87 bits per heavy atom. The minimum Gasteiger partial charge on any atom is -0.357 e. The lowest BCUT2D eigenvalue weighted by Crippen LogP contribution is -2.42. The first-order chi connectivity index (χ1) is 10.5. The molecule has 2 aliphatic rings. The number of nitrogens with one attached hydrogen (secondary N) is 2. The highest BCUT2D eigenvalue weighted by Gasteiger charge is 2.33. The van der Waals surface area contributed by atoms with Gasteiger partial charge in [-0.25, -0.2) is 0 Å². The van der Waals surface area contributed by atoms with E-state index in [1.807, 2.05) is 6.92 Å². The molecule has 0 atom stereocenters. The zero-order chi connectivity index (χ0) is 16.0. The van der Waals surface area contributed by atoms with Crippen LogP contribution in [-0.2, 0) is 0 Å². The first kappa shape index (κ1) is 20.8. The lowest BCUT2D eigenvalue weighted by molar-refractivity contribution is -0.132. The van der Waals surface area contributed by atoms with Gasteiger partial charge in [-0.1, -0.05) is 0 Å². The molecule has 0 bridgehead atoms. The van der Waals surface area contributed by atoms with Gasteiger partial charge in [0.2, 0.25) is 0 Å². The zero-order valence-corrected chi connectivity index (χ0v) is 16.0. The summed E-state index contributed by atoms with van der Waals surface area (Å²) in [6, 6.07) is 0.729. The Balaban J connectivity index is 0.00000264. The maximum absolute atomic E-state index is 12.2. The molecule has 8 heteroatoms. The summed E-state index contributed by atoms with van der Waals surface area (Å²) in [7, 11) is 0. The van der Waals surface area contributed by atoms with Crippen LogP contribution in [0.4, 0.5) is 13.2 Å². The molecule has 0 unspecified atom stereocenters. The maximum atomic E-state index is 12.2. The van der Waals surface area contributed by atoms with Crippen molar-refractivity contribution >= 4 is 29.9 Å². The lowest BCUT2D eigenvalue weighted by Gasteiger charge is -2.22. The first-order valence-corrected chi connectivity index (χ1v) is 8.31. The molecule has 0 spiro atoms. The monoisotopic (exact) mass is 448 g/mol. The van der Waals surface area contributed by atoms with Gasteiger partial charge in [0.1, 0.15) is 0 Å². The predicted octanol–water partition coefficient (Wildman–Crippen LogP) is 2.99. The SMILES string of the molecule is CCNC(=NCCC(F)(F)F)NCCN(CC1CC1)C1CC1.I. The molecule has 2 fully saturated rings. The summed E-state index contributed by atoms with van der Waals surface area (Å²) < 4.78 is 36.5. The Morgan fingerprint density at radius 1 is 1.17 bits per heavy atom. The van der Waals surface area contributed by atoms with E-state index in [0.717, 1.165) is 25.0 Å². The molecular formula is C15H28F3IN4. The number of aliphatic imine (C=N–C) groups is 1. The van der Waals surface area contributed by atoms with Crippen molar-refractivity contribution in [2.75, 3.05) is 32.7 Å². The Hall–Kier alpha value is -0.250. The predicted molar refractivity (Wildman–Crippen MR) is 97.4 cm³/mol. The molecule has 23 heavy (non-hydrogen) atoms. The van der Waals surface area contributed by atoms with Crippen molar-refractivity contribution < 1.29 is 13.2 Å². The Bertz CT molecular complexity index is 368. The first-order valence-electron chi connectivity index (χ1n) is 8.31. The molecule has 0 aromatic rings. The molecule has 0 amide bonds. The molecule has 2 N–H and O–H groups in total. The summed E-state index contributed by atoms with van der Waals surface area (Å²) in [6.45, 7) is 5.16. The fourth-order valence-corrected chi connectivity index (χ4v) is 2.45. The Kier molecular flexibility index (Phi) is 8.95. The van der Waals surface area contributed by atoms with E-state index in [1.165, 1.54) is 32.2 Å². The summed E-state index contributed by atoms with van der Waals surface area (Å²) in [5.74, 6) is 1.35. The van der Waals surface area contributed by atoms with Gasteiger partial charge in [0, 0.05) is 32.2 Å². The summed E-state index contributed by atoms with van der Waals surface area (Å²) in [6.07, 6.45) is 0.239. The highest BCUT2D eigenvalue weighted by molar-refractivity contribution is 14.0. The van der Waals surface area contributed by atoms with Crippen molar-refractivity contribution in [3.8, 4) is 0 Å². The fraction of sp³-hybridized carbons (Fsp3) is 0.933. The van der Waals surface area contributed by atoms with Gasteiger partial charge in [0.15, 0.2) is 5.96 Å². The molecule has 0 heterocycles. The fourth-order valence-electron chi connectivity index (χ4n) is 2.45. The minimum absolute atomic E-state index is 0. The largest absolute Gasteiger partial charge is 0.390 e. The molecule has 136 valence electrons. The maximum Gasteiger partial charge on any atom is 0.390 e. The van der Waals surface area contributed by atoms with Gasteiger partial charge in [0.25, 0.3) is 0 Å². The van der Waals surface area contributed by atoms with Crippen LogP contribution in [0.2, 0.25) is 0 Å². The van der Waals surface area contributed by atoms with Gasteiger partial charge in [0.05, 0.1) is 13.0 Å². The van der Waals surface area contributed by atoms with Gasteiger partial charge in [-0.05, 0) is 38.5 Å². The van der Waals surface area contributed by atoms with Gasteiger partial charge < -0.3 is 10.6 Å². The van der Waals surface area contributed by atoms with Crippen LogP contribution in [0.5, 0.6) is 0 Å². The van der Waals surface area contributed by atoms with Crippen molar-refractivity contribution in [2.45, 2.75) is 51.2 Å². The number of hydrogen-bond donors (Lipinski definition) is 2. The standard InChI is InChI=1S/C15H27F3N4.HI/c1-2-19-14(20-8-7-15(16,17)18)21-9-10-22(13-5-6-13)11-12-3-4-12;/h12-13H,2-11H2,1H3,(H2,19,20,21);1H. The van der Waals surface area contributed by atoms with Crippen molar-refractivity contribution in [1.82, 2.24) is 15.5 Å². The molecular weight excluding hydrogens is 420 g/mol. The van der Waals surface area contributed by atoms with Gasteiger partial charge in [-0.15, -0.1) is 24.0 Å². The number of hydrogen-bond acceptors (Lipinski definition) is 2. The van der Waals surface area contributed by atoms with Crippen LogP contribution >= 0.6 is 24.0 Å². The molecule has 2 aliphatic carbocycles. The Morgan fingerprint density at radius 3 is 2.39 bits per heavy atom. The summed E-state index contributed by atoms with van der Waals surface area (Å²) >= 11 is 0. The molecule has 0 aromatic carbocycles. The molecule has 4 nitrogen and oxygen atoms in total. The van der Waals surface area contributed by atoms with Gasteiger partial charge in [-0.3, -0.25) is 9.89 Å². The zero-order valence-electron chi connectivity index (χ0n) is 13.7. The minimum atomic E-state index is -4.14. The van der Waals surface area contributed by atoms with Crippen molar-refractivity contribution in [1.29, 1.82) is 0 Å². The van der Waals surface area contributed by atoms with E-state index >= 15 is 0 Å². The summed E-state index contributed by atoms with van der Waals surface area (Å²) in [5.41, 5.74) is 0. The number of halogens is 4. The second-order valence-corrected chi connectivity index (χ2v) is 6.22. The van der Waals surface area contributed by atoms with Crippen molar-refractivity contribution in [3.63, 3.8) is 0 Å². The highest BCUT2D eigenvalue weighted by atomic mass is 127. The average Bonchev–Trinajstić information content (AvgIpc) is 3.29. The van der Waals surface area contributed by atoms with Crippen molar-refractivity contribution in [3.05, 3.63) is 0 Å². The molecule has 2 rings (SSSR count). The van der Waals surface area contributed by atoms with Crippen LogP contribution in [0, 0.1) is 5.92 Å². The average molecular weight is 448 g/mol. The van der Waals surface area contributed by atoms with E-state index in [1.54, 1.807) is 0 Å². The molecule has 2 saturated carbocycles. The van der Waals surface area contributed by atoms with Gasteiger partial charge >= 0.3 is 6.18 Å². The second-order valence-electron chi connectivity index (χ2n) is 6.22. The summed E-state index contributed by atoms with van der Waals surface area (Å²) in [5, 5.41) is 6.14. The van der Waals surface area contributed by atoms with Crippen LogP contribution in [0.3, 0.4) is 0 Å². The van der Waals surface area contributed by atoms with E-state index < -0.39 is 12.6 Å². The number of rotatable bonds is 9. The van der Waals surface area contributed by atoms with Crippen LogP contribution < -0.4 is 10.6 Å². The van der Waals surface area contributed by atoms with Crippen LogP contribution in [0.15, 0.2) is 4.99 Å². The van der Waals surface area contributed by atoms with E-state index in [4.69, 9.17) is 0 Å².